The molecule has 0 aliphatic heterocycles. The molecule has 140 valence electrons. The van der Waals surface area contributed by atoms with Crippen LogP contribution in [0.5, 0.6) is 0 Å². The molecule has 2 heterocycles. The maximum atomic E-state index is 12.5. The van der Waals surface area contributed by atoms with E-state index in [1.54, 1.807) is 31.2 Å². The highest BCUT2D eigenvalue weighted by Gasteiger charge is 2.16. The zero-order chi connectivity index (χ0) is 19.4. The number of ether oxygens (including phenoxy) is 1. The number of nitrogens with zero attached hydrogens (tertiary/aromatic N) is 2. The number of hydrogen-bond donors (Lipinski definition) is 2. The van der Waals surface area contributed by atoms with Crippen molar-refractivity contribution in [3.8, 4) is 0 Å². The van der Waals surface area contributed by atoms with Crippen molar-refractivity contribution in [1.82, 2.24) is 20.2 Å². The van der Waals surface area contributed by atoms with Crippen LogP contribution in [0.15, 0.2) is 39.8 Å². The Bertz CT molecular complexity index is 1080. The van der Waals surface area contributed by atoms with Gasteiger partial charge < -0.3 is 14.5 Å². The normalized spacial score (nSPS) is 10.7. The summed E-state index contributed by atoms with van der Waals surface area (Å²) in [5, 5.41) is 5.05. The quantitative estimate of drug-likeness (QED) is 0.624. The second-order valence-electron chi connectivity index (χ2n) is 5.52. The highest BCUT2D eigenvalue weighted by Crippen LogP contribution is 2.23. The minimum absolute atomic E-state index is 0.0282. The Morgan fingerprint density at radius 3 is 2.81 bits per heavy atom. The summed E-state index contributed by atoms with van der Waals surface area (Å²) >= 11 is 0. The van der Waals surface area contributed by atoms with Gasteiger partial charge in [0.05, 0.1) is 6.33 Å². The summed E-state index contributed by atoms with van der Waals surface area (Å²) in [6, 6.07) is 6.37. The fourth-order valence-electron chi connectivity index (χ4n) is 2.43. The number of hydrogen-bond acceptors (Lipinski definition) is 7. The van der Waals surface area contributed by atoms with Crippen LogP contribution >= 0.6 is 0 Å². The average Bonchev–Trinajstić information content (AvgIpc) is 3.02. The molecule has 0 aliphatic carbocycles. The summed E-state index contributed by atoms with van der Waals surface area (Å²) in [5.74, 6) is -1.62. The van der Waals surface area contributed by atoms with Gasteiger partial charge in [0.25, 0.3) is 11.5 Å². The number of benzene rings is 1. The minimum Gasteiger partial charge on any atom is -0.454 e. The first-order valence-corrected chi connectivity index (χ1v) is 8.09. The fourth-order valence-corrected chi connectivity index (χ4v) is 2.43. The van der Waals surface area contributed by atoms with E-state index in [1.165, 1.54) is 6.33 Å². The predicted molar refractivity (Wildman–Crippen MR) is 93.9 cm³/mol. The van der Waals surface area contributed by atoms with E-state index in [0.29, 0.717) is 23.0 Å². The van der Waals surface area contributed by atoms with E-state index in [0.717, 1.165) is 4.57 Å². The van der Waals surface area contributed by atoms with E-state index in [2.05, 4.69) is 10.3 Å². The number of carbonyl (C=O) groups excluding carboxylic acids is 3. The van der Waals surface area contributed by atoms with E-state index in [9.17, 15) is 19.2 Å². The number of esters is 1. The summed E-state index contributed by atoms with van der Waals surface area (Å²) in [5.41, 5.74) is 0.404. The molecule has 1 aromatic carbocycles. The Kier molecular flexibility index (Phi) is 5.15. The Hall–Kier alpha value is -3.69. The van der Waals surface area contributed by atoms with E-state index < -0.39 is 36.6 Å². The van der Waals surface area contributed by atoms with Gasteiger partial charge in [-0.15, -0.1) is 0 Å². The second-order valence-corrected chi connectivity index (χ2v) is 5.52. The molecule has 0 saturated carbocycles. The minimum atomic E-state index is -0.833. The van der Waals surface area contributed by atoms with Crippen LogP contribution in [0.3, 0.4) is 0 Å². The van der Waals surface area contributed by atoms with Crippen LogP contribution in [-0.4, -0.2) is 40.6 Å². The van der Waals surface area contributed by atoms with Crippen molar-refractivity contribution in [1.29, 1.82) is 0 Å². The van der Waals surface area contributed by atoms with Crippen LogP contribution < -0.4 is 16.2 Å². The molecule has 2 aromatic heterocycles. The highest BCUT2D eigenvalue weighted by atomic mass is 16.5. The lowest BCUT2D eigenvalue weighted by Gasteiger charge is -2.07. The number of furan rings is 1. The number of amides is 3. The summed E-state index contributed by atoms with van der Waals surface area (Å²) < 4.78 is 11.3. The number of para-hydroxylation sites is 1. The Labute approximate surface area is 152 Å². The molecule has 2 N–H and O–H groups in total. The monoisotopic (exact) mass is 372 g/mol. The van der Waals surface area contributed by atoms with Crippen LogP contribution in [0.2, 0.25) is 0 Å². The molecule has 0 saturated heterocycles. The van der Waals surface area contributed by atoms with Gasteiger partial charge in [-0.3, -0.25) is 24.3 Å². The topological polar surface area (TPSA) is 133 Å². The van der Waals surface area contributed by atoms with Gasteiger partial charge in [-0.2, -0.15) is 0 Å². The summed E-state index contributed by atoms with van der Waals surface area (Å²) in [4.78, 5) is 51.2. The van der Waals surface area contributed by atoms with Gasteiger partial charge in [0.15, 0.2) is 6.61 Å². The molecule has 3 amide bonds. The molecule has 0 bridgehead atoms. The van der Waals surface area contributed by atoms with Crippen LogP contribution in [0.4, 0.5) is 4.79 Å². The summed E-state index contributed by atoms with van der Waals surface area (Å²) in [6.45, 7) is 0.937. The van der Waals surface area contributed by atoms with E-state index in [1.807, 2.05) is 5.32 Å². The Balaban J connectivity index is 1.67. The molecule has 3 rings (SSSR count). The van der Waals surface area contributed by atoms with Gasteiger partial charge in [0.2, 0.25) is 5.58 Å². The van der Waals surface area contributed by atoms with Crippen LogP contribution in [0.1, 0.15) is 6.92 Å². The van der Waals surface area contributed by atoms with E-state index in [-0.39, 0.29) is 5.58 Å². The molecule has 0 fully saturated rings. The van der Waals surface area contributed by atoms with Crippen LogP contribution in [0.25, 0.3) is 22.1 Å². The molecule has 0 spiro atoms. The first kappa shape index (κ1) is 18.1. The molecule has 27 heavy (non-hydrogen) atoms. The molecule has 0 aliphatic rings. The number of aromatic nitrogens is 2. The molecule has 3 aromatic rings. The van der Waals surface area contributed by atoms with Crippen molar-refractivity contribution in [3.05, 3.63) is 40.9 Å². The number of carbonyl (C=O) groups is 3. The number of nitrogens with one attached hydrogen (secondary N) is 2. The highest BCUT2D eigenvalue weighted by molar-refractivity contribution is 6.01. The first-order chi connectivity index (χ1) is 13.0. The molecule has 0 radical (unpaired) electrons. The van der Waals surface area contributed by atoms with Crippen LogP contribution in [0, 0.1) is 0 Å². The Morgan fingerprint density at radius 1 is 1.26 bits per heavy atom. The molecule has 10 heteroatoms. The Morgan fingerprint density at radius 2 is 2.04 bits per heavy atom. The number of rotatable bonds is 5. The van der Waals surface area contributed by atoms with Crippen molar-refractivity contribution in [2.45, 2.75) is 13.5 Å². The van der Waals surface area contributed by atoms with Gasteiger partial charge in [-0.05, 0) is 19.1 Å². The maximum absolute atomic E-state index is 12.5. The largest absolute Gasteiger partial charge is 0.454 e. The summed E-state index contributed by atoms with van der Waals surface area (Å²) in [7, 11) is 0. The molecule has 10 nitrogen and oxygen atoms in total. The van der Waals surface area contributed by atoms with Crippen LogP contribution in [-0.2, 0) is 20.9 Å². The van der Waals surface area contributed by atoms with E-state index >= 15 is 0 Å². The van der Waals surface area contributed by atoms with Gasteiger partial charge >= 0.3 is 12.0 Å². The van der Waals surface area contributed by atoms with Crippen molar-refractivity contribution in [2.24, 2.45) is 0 Å². The zero-order valence-corrected chi connectivity index (χ0v) is 14.4. The van der Waals surface area contributed by atoms with E-state index in [4.69, 9.17) is 9.15 Å². The number of fused-ring (bicyclic) bond motifs is 3. The number of imide groups is 1. The molecular weight excluding hydrogens is 356 g/mol. The lowest BCUT2D eigenvalue weighted by Crippen LogP contribution is -2.41. The third-order valence-electron chi connectivity index (χ3n) is 3.60. The molecular formula is C17H16N4O6. The summed E-state index contributed by atoms with van der Waals surface area (Å²) in [6.07, 6.45) is 1.21. The average molecular weight is 372 g/mol. The molecule has 0 unspecified atom stereocenters. The number of urea groups is 1. The van der Waals surface area contributed by atoms with Crippen molar-refractivity contribution < 1.29 is 23.5 Å². The van der Waals surface area contributed by atoms with Gasteiger partial charge in [-0.25, -0.2) is 9.78 Å². The van der Waals surface area contributed by atoms with Gasteiger partial charge in [0.1, 0.15) is 17.6 Å². The fraction of sp³-hybridized carbons (Fsp3) is 0.235. The van der Waals surface area contributed by atoms with Crippen molar-refractivity contribution >= 4 is 40.0 Å². The predicted octanol–water partition coefficient (Wildman–Crippen LogP) is 0.532. The third kappa shape index (κ3) is 3.94. The first-order valence-electron chi connectivity index (χ1n) is 8.09. The zero-order valence-electron chi connectivity index (χ0n) is 14.4. The SMILES string of the molecule is CCNC(=O)NC(=O)COC(=O)Cn1cnc2c(oc3ccccc32)c1=O. The standard InChI is InChI=1S/C17H16N4O6/c1-2-18-17(25)20-12(22)8-26-13(23)7-21-9-19-14-10-5-3-4-6-11(10)27-15(14)16(21)24/h3-6,9H,2,7-8H2,1H3,(H2,18,20,22,25). The van der Waals surface area contributed by atoms with Gasteiger partial charge in [-0.1, -0.05) is 12.1 Å². The van der Waals surface area contributed by atoms with Crippen molar-refractivity contribution in [2.75, 3.05) is 13.2 Å². The van der Waals surface area contributed by atoms with Gasteiger partial charge in [0, 0.05) is 11.9 Å². The lowest BCUT2D eigenvalue weighted by atomic mass is 10.2. The smallest absolute Gasteiger partial charge is 0.326 e. The second kappa shape index (κ2) is 7.68. The third-order valence-corrected chi connectivity index (χ3v) is 3.60. The van der Waals surface area contributed by atoms with Crippen molar-refractivity contribution in [3.63, 3.8) is 0 Å². The lowest BCUT2D eigenvalue weighted by molar-refractivity contribution is -0.148. The molecule has 0 atom stereocenters. The maximum Gasteiger partial charge on any atom is 0.326 e.